The molecule has 0 aliphatic heterocycles. The van der Waals surface area contributed by atoms with Crippen molar-refractivity contribution in [2.75, 3.05) is 0 Å². The van der Waals surface area contributed by atoms with E-state index in [2.05, 4.69) is 24.3 Å². The van der Waals surface area contributed by atoms with E-state index in [1.165, 1.54) is 35.4 Å². The van der Waals surface area contributed by atoms with Crippen molar-refractivity contribution in [2.24, 2.45) is 0 Å². The zero-order valence-corrected chi connectivity index (χ0v) is 33.1. The van der Waals surface area contributed by atoms with Gasteiger partial charge in [-0.2, -0.15) is 36.4 Å². The number of benzene rings is 4. The summed E-state index contributed by atoms with van der Waals surface area (Å²) >= 11 is 0. The van der Waals surface area contributed by atoms with Gasteiger partial charge in [0.2, 0.25) is 0 Å². The molecule has 57 heavy (non-hydrogen) atoms. The van der Waals surface area contributed by atoms with E-state index in [0.29, 0.717) is 11.4 Å². The first-order valence-corrected chi connectivity index (χ1v) is 19.1. The number of aromatic nitrogens is 2. The number of hydrogen-bond donors (Lipinski definition) is 0. The monoisotopic (exact) mass is 794 g/mol. The van der Waals surface area contributed by atoms with Gasteiger partial charge in [0.25, 0.3) is 0 Å². The number of rotatable bonds is 4. The zero-order chi connectivity index (χ0) is 38.7. The van der Waals surface area contributed by atoms with Crippen molar-refractivity contribution in [1.82, 2.24) is 9.13 Å². The maximum Gasteiger partial charge on any atom is 4.00 e. The number of hydrogen-bond acceptors (Lipinski definition) is 0. The standard InChI is InChI=1S/2C20H16F2N.2C5H5.Ti/c2*21-16-10-11-19(17(22)13-16)23-18-9-5-4-8-15(18)12-20(23)14-6-2-1-3-7-14;2*1-2-4-5-3-1;/h2*1-3,6-7,10-12H,4-5,8-9H2;2*1-5H;/q4*-1;+4. The van der Waals surface area contributed by atoms with E-state index in [4.69, 9.17) is 0 Å². The molecule has 0 spiro atoms. The third-order valence-corrected chi connectivity index (χ3v) is 10.0. The van der Waals surface area contributed by atoms with Crippen LogP contribution in [0.5, 0.6) is 0 Å². The first kappa shape index (κ1) is 41.2. The van der Waals surface area contributed by atoms with E-state index in [0.717, 1.165) is 85.3 Å². The molecular formula is C50H42F4N2Ti. The van der Waals surface area contributed by atoms with Crippen LogP contribution in [0.15, 0.2) is 158 Å². The molecule has 2 aliphatic rings. The first-order chi connectivity index (χ1) is 27.5. The molecule has 2 aliphatic carbocycles. The summed E-state index contributed by atoms with van der Waals surface area (Å²) in [6.07, 6.45) is 8.35. The number of halogens is 4. The SMILES string of the molecule is Fc1[c-]c(F)c(-n2c(-c3ccccc3)cc3c2CCCC3)cc1.Fc1[c-]c(F)c(-n2c(-c3ccccc3)cc3c2CCCC3)cc1.[Ti+4].c1cc[cH-]c1.c1cc[cH-]c1. The summed E-state index contributed by atoms with van der Waals surface area (Å²) in [6.45, 7) is 0. The molecule has 2 nitrogen and oxygen atoms in total. The molecule has 0 amide bonds. The second-order valence-electron chi connectivity index (χ2n) is 13.8. The normalized spacial score (nSPS) is 12.6. The molecule has 0 saturated carbocycles. The van der Waals surface area contributed by atoms with E-state index in [1.807, 2.05) is 130 Å². The molecule has 0 atom stereocenters. The molecule has 2 heterocycles. The Morgan fingerprint density at radius 1 is 0.439 bits per heavy atom. The van der Waals surface area contributed by atoms with Gasteiger partial charge in [-0.1, -0.05) is 60.7 Å². The molecule has 0 fully saturated rings. The predicted molar refractivity (Wildman–Crippen MR) is 217 cm³/mol. The topological polar surface area (TPSA) is 9.86 Å². The summed E-state index contributed by atoms with van der Waals surface area (Å²) in [4.78, 5) is 0. The summed E-state index contributed by atoms with van der Waals surface area (Å²) in [6, 6.07) is 54.0. The van der Waals surface area contributed by atoms with Crippen LogP contribution in [0.1, 0.15) is 48.2 Å². The van der Waals surface area contributed by atoms with Crippen LogP contribution in [0.3, 0.4) is 0 Å². The predicted octanol–water partition coefficient (Wildman–Crippen LogP) is 13.0. The van der Waals surface area contributed by atoms with Gasteiger partial charge in [0.1, 0.15) is 0 Å². The minimum Gasteiger partial charge on any atom is -0.365 e. The molecule has 8 aromatic rings. The van der Waals surface area contributed by atoms with Crippen molar-refractivity contribution >= 4 is 0 Å². The van der Waals surface area contributed by atoms with Crippen LogP contribution in [0, 0.1) is 35.4 Å². The van der Waals surface area contributed by atoms with E-state index < -0.39 is 23.3 Å². The fourth-order valence-corrected chi connectivity index (χ4v) is 7.45. The van der Waals surface area contributed by atoms with Gasteiger partial charge in [-0.15, -0.1) is 36.4 Å². The smallest absolute Gasteiger partial charge is 0.365 e. The van der Waals surface area contributed by atoms with Gasteiger partial charge >= 0.3 is 21.7 Å². The Bertz CT molecular complexity index is 2200. The Labute approximate surface area is 347 Å². The minimum atomic E-state index is -0.673. The van der Waals surface area contributed by atoms with Crippen molar-refractivity contribution in [1.29, 1.82) is 0 Å². The Morgan fingerprint density at radius 3 is 1.14 bits per heavy atom. The summed E-state index contributed by atoms with van der Waals surface area (Å²) in [5, 5.41) is 0. The minimum absolute atomic E-state index is 0. The van der Waals surface area contributed by atoms with Crippen molar-refractivity contribution in [3.8, 4) is 33.9 Å². The third-order valence-electron chi connectivity index (χ3n) is 10.0. The zero-order valence-electron chi connectivity index (χ0n) is 31.6. The van der Waals surface area contributed by atoms with Crippen LogP contribution in [0.25, 0.3) is 33.9 Å². The van der Waals surface area contributed by atoms with Gasteiger partial charge in [-0.05, 0) is 97.1 Å². The number of aryl methyl sites for hydroxylation is 2. The number of fused-ring (bicyclic) bond motifs is 2. The van der Waals surface area contributed by atoms with E-state index in [1.54, 1.807) is 0 Å². The molecule has 0 unspecified atom stereocenters. The molecule has 2 aromatic heterocycles. The molecule has 7 heteroatoms. The summed E-state index contributed by atoms with van der Waals surface area (Å²) < 4.78 is 59.1. The summed E-state index contributed by atoms with van der Waals surface area (Å²) in [7, 11) is 0. The van der Waals surface area contributed by atoms with E-state index in [-0.39, 0.29) is 21.7 Å². The fraction of sp³-hybridized carbons (Fsp3) is 0.160. The van der Waals surface area contributed by atoms with Crippen molar-refractivity contribution in [2.45, 2.75) is 51.4 Å². The van der Waals surface area contributed by atoms with Crippen molar-refractivity contribution < 1.29 is 39.3 Å². The van der Waals surface area contributed by atoms with Gasteiger partial charge in [-0.3, -0.25) is 0 Å². The van der Waals surface area contributed by atoms with E-state index >= 15 is 0 Å². The van der Waals surface area contributed by atoms with Crippen molar-refractivity contribution in [3.05, 3.63) is 216 Å². The second-order valence-corrected chi connectivity index (χ2v) is 13.8. The second kappa shape index (κ2) is 20.1. The van der Waals surface area contributed by atoms with Crippen molar-refractivity contribution in [3.63, 3.8) is 0 Å². The van der Waals surface area contributed by atoms with Crippen LogP contribution >= 0.6 is 0 Å². The maximum absolute atomic E-state index is 14.4. The quantitative estimate of drug-likeness (QED) is 0.0954. The molecule has 0 bridgehead atoms. The van der Waals surface area contributed by atoms with Gasteiger partial charge in [0, 0.05) is 46.0 Å². The van der Waals surface area contributed by atoms with Crippen LogP contribution in [0.4, 0.5) is 17.6 Å². The van der Waals surface area contributed by atoms with Gasteiger partial charge < -0.3 is 9.13 Å². The molecule has 6 aromatic carbocycles. The molecular weight excluding hydrogens is 752 g/mol. The molecule has 0 saturated heterocycles. The van der Waals surface area contributed by atoms with Crippen LogP contribution in [0.2, 0.25) is 0 Å². The molecule has 0 N–H and O–H groups in total. The van der Waals surface area contributed by atoms with Crippen LogP contribution in [-0.4, -0.2) is 9.13 Å². The Morgan fingerprint density at radius 2 is 0.807 bits per heavy atom. The Hall–Kier alpha value is -5.43. The van der Waals surface area contributed by atoms with Gasteiger partial charge in [-0.25, -0.2) is 41.8 Å². The Kier molecular flexibility index (Phi) is 14.6. The average Bonchev–Trinajstić information content (AvgIpc) is 4.08. The van der Waals surface area contributed by atoms with Gasteiger partial charge in [0.05, 0.1) is 0 Å². The fourth-order valence-electron chi connectivity index (χ4n) is 7.45. The molecule has 10 rings (SSSR count). The van der Waals surface area contributed by atoms with Crippen LogP contribution in [-0.2, 0) is 47.4 Å². The van der Waals surface area contributed by atoms with E-state index in [9.17, 15) is 17.6 Å². The average molecular weight is 795 g/mol. The largest absolute Gasteiger partial charge is 4.00 e. The summed E-state index contributed by atoms with van der Waals surface area (Å²) in [5.74, 6) is -2.64. The van der Waals surface area contributed by atoms with Crippen LogP contribution < -0.4 is 0 Å². The maximum atomic E-state index is 14.4. The Balaban J connectivity index is 0.000000152. The van der Waals surface area contributed by atoms with Gasteiger partial charge in [0.15, 0.2) is 0 Å². The number of nitrogens with zero attached hydrogens (tertiary/aromatic N) is 2. The first-order valence-electron chi connectivity index (χ1n) is 19.1. The summed E-state index contributed by atoms with van der Waals surface area (Å²) in [5.41, 5.74) is 9.51. The molecule has 284 valence electrons. The molecule has 0 radical (unpaired) electrons. The third kappa shape index (κ3) is 10.1.